The summed E-state index contributed by atoms with van der Waals surface area (Å²) < 4.78 is 0. The number of hydrogen-bond acceptors (Lipinski definition) is 2. The fourth-order valence-electron chi connectivity index (χ4n) is 2.14. The smallest absolute Gasteiger partial charge is 0.0493 e. The lowest BCUT2D eigenvalue weighted by atomic mass is 10.0. The van der Waals surface area contributed by atoms with Gasteiger partial charge < -0.3 is 10.6 Å². The van der Waals surface area contributed by atoms with Gasteiger partial charge in [-0.25, -0.2) is 0 Å². The molecule has 0 fully saturated rings. The standard InChI is InChI=1S/C12H18N2/c1-3-9-5-6-12-10(7-9)11(13)8-14(12)4-2/h5-7,11H,3-4,8,13H2,1-2H3. The van der Waals surface area contributed by atoms with Crippen LogP contribution in [0.15, 0.2) is 18.2 Å². The predicted molar refractivity (Wildman–Crippen MR) is 60.6 cm³/mol. The van der Waals surface area contributed by atoms with Gasteiger partial charge in [0.25, 0.3) is 0 Å². The molecule has 0 saturated heterocycles. The minimum Gasteiger partial charge on any atom is -0.370 e. The molecule has 14 heavy (non-hydrogen) atoms. The van der Waals surface area contributed by atoms with Gasteiger partial charge in [-0.05, 0) is 30.5 Å². The molecule has 1 heterocycles. The van der Waals surface area contributed by atoms with Crippen LogP contribution in [0.3, 0.4) is 0 Å². The van der Waals surface area contributed by atoms with Crippen molar-refractivity contribution < 1.29 is 0 Å². The SMILES string of the molecule is CCc1ccc2c(c1)C(N)CN2CC. The molecule has 0 radical (unpaired) electrons. The van der Waals surface area contributed by atoms with E-state index >= 15 is 0 Å². The second kappa shape index (κ2) is 3.62. The summed E-state index contributed by atoms with van der Waals surface area (Å²) in [7, 11) is 0. The van der Waals surface area contributed by atoms with Crippen molar-refractivity contribution in [1.82, 2.24) is 0 Å². The van der Waals surface area contributed by atoms with Crippen molar-refractivity contribution in [2.75, 3.05) is 18.0 Å². The van der Waals surface area contributed by atoms with Crippen molar-refractivity contribution in [3.05, 3.63) is 29.3 Å². The number of nitrogens with zero attached hydrogens (tertiary/aromatic N) is 1. The van der Waals surface area contributed by atoms with Crippen LogP contribution in [-0.4, -0.2) is 13.1 Å². The molecule has 0 amide bonds. The fourth-order valence-corrected chi connectivity index (χ4v) is 2.14. The molecular formula is C12H18N2. The summed E-state index contributed by atoms with van der Waals surface area (Å²) in [5.41, 5.74) is 10.1. The van der Waals surface area contributed by atoms with E-state index in [2.05, 4.69) is 36.9 Å². The van der Waals surface area contributed by atoms with Gasteiger partial charge in [-0.2, -0.15) is 0 Å². The van der Waals surface area contributed by atoms with Gasteiger partial charge in [0.1, 0.15) is 0 Å². The molecular weight excluding hydrogens is 172 g/mol. The van der Waals surface area contributed by atoms with Crippen LogP contribution in [-0.2, 0) is 6.42 Å². The maximum atomic E-state index is 6.09. The van der Waals surface area contributed by atoms with Gasteiger partial charge in [0.15, 0.2) is 0 Å². The molecule has 0 saturated carbocycles. The van der Waals surface area contributed by atoms with E-state index < -0.39 is 0 Å². The molecule has 1 aromatic carbocycles. The van der Waals surface area contributed by atoms with Crippen molar-refractivity contribution in [3.63, 3.8) is 0 Å². The van der Waals surface area contributed by atoms with E-state index in [-0.39, 0.29) is 6.04 Å². The van der Waals surface area contributed by atoms with E-state index in [9.17, 15) is 0 Å². The first kappa shape index (κ1) is 9.53. The molecule has 0 spiro atoms. The molecule has 2 rings (SSSR count). The Hall–Kier alpha value is -1.02. The molecule has 1 aromatic rings. The topological polar surface area (TPSA) is 29.3 Å². The van der Waals surface area contributed by atoms with Gasteiger partial charge in [-0.15, -0.1) is 0 Å². The molecule has 0 aliphatic carbocycles. The normalized spacial score (nSPS) is 19.9. The second-order valence-corrected chi connectivity index (χ2v) is 3.89. The first-order chi connectivity index (χ1) is 6.76. The fraction of sp³-hybridized carbons (Fsp3) is 0.500. The number of hydrogen-bond donors (Lipinski definition) is 1. The zero-order chi connectivity index (χ0) is 10.1. The van der Waals surface area contributed by atoms with Crippen molar-refractivity contribution in [3.8, 4) is 0 Å². The van der Waals surface area contributed by atoms with Crippen molar-refractivity contribution in [2.45, 2.75) is 26.3 Å². The van der Waals surface area contributed by atoms with Crippen LogP contribution in [0.1, 0.15) is 31.0 Å². The summed E-state index contributed by atoms with van der Waals surface area (Å²) in [6, 6.07) is 6.89. The monoisotopic (exact) mass is 190 g/mol. The van der Waals surface area contributed by atoms with Crippen LogP contribution in [0.4, 0.5) is 5.69 Å². The zero-order valence-electron chi connectivity index (χ0n) is 8.96. The summed E-state index contributed by atoms with van der Waals surface area (Å²) in [6.45, 7) is 6.38. The minimum absolute atomic E-state index is 0.205. The third-order valence-electron chi connectivity index (χ3n) is 3.04. The molecule has 2 nitrogen and oxygen atoms in total. The highest BCUT2D eigenvalue weighted by Crippen LogP contribution is 2.33. The number of likely N-dealkylation sites (N-methyl/N-ethyl adjacent to an activating group) is 1. The van der Waals surface area contributed by atoms with Crippen LogP contribution in [0.5, 0.6) is 0 Å². The van der Waals surface area contributed by atoms with Crippen molar-refractivity contribution >= 4 is 5.69 Å². The Bertz CT molecular complexity index is 333. The van der Waals surface area contributed by atoms with E-state index in [0.717, 1.165) is 19.5 Å². The van der Waals surface area contributed by atoms with Gasteiger partial charge in [0.05, 0.1) is 0 Å². The Labute approximate surface area is 85.7 Å². The third kappa shape index (κ3) is 1.40. The van der Waals surface area contributed by atoms with Crippen molar-refractivity contribution in [1.29, 1.82) is 0 Å². The number of benzene rings is 1. The number of anilines is 1. The highest BCUT2D eigenvalue weighted by molar-refractivity contribution is 5.60. The quantitative estimate of drug-likeness (QED) is 0.773. The molecule has 1 aliphatic heterocycles. The van der Waals surface area contributed by atoms with Crippen LogP contribution in [0.2, 0.25) is 0 Å². The Kier molecular flexibility index (Phi) is 2.46. The van der Waals surface area contributed by atoms with E-state index in [1.54, 1.807) is 0 Å². The molecule has 1 atom stereocenters. The van der Waals surface area contributed by atoms with Gasteiger partial charge in [-0.3, -0.25) is 0 Å². The lowest BCUT2D eigenvalue weighted by molar-refractivity contribution is 0.733. The number of aryl methyl sites for hydroxylation is 1. The zero-order valence-corrected chi connectivity index (χ0v) is 8.96. The maximum absolute atomic E-state index is 6.09. The van der Waals surface area contributed by atoms with E-state index in [4.69, 9.17) is 5.73 Å². The second-order valence-electron chi connectivity index (χ2n) is 3.89. The highest BCUT2D eigenvalue weighted by Gasteiger charge is 2.24. The Balaban J connectivity index is 2.41. The number of fused-ring (bicyclic) bond motifs is 1. The first-order valence-electron chi connectivity index (χ1n) is 5.39. The Morgan fingerprint density at radius 2 is 2.21 bits per heavy atom. The Morgan fingerprint density at radius 1 is 1.43 bits per heavy atom. The third-order valence-corrected chi connectivity index (χ3v) is 3.04. The lowest BCUT2D eigenvalue weighted by Crippen LogP contribution is -2.23. The summed E-state index contributed by atoms with van der Waals surface area (Å²) in [4.78, 5) is 2.35. The molecule has 0 aromatic heterocycles. The molecule has 2 heteroatoms. The van der Waals surface area contributed by atoms with Gasteiger partial charge in [0, 0.05) is 24.8 Å². The average molecular weight is 190 g/mol. The summed E-state index contributed by atoms with van der Waals surface area (Å²) in [5.74, 6) is 0. The van der Waals surface area contributed by atoms with Gasteiger partial charge in [0.2, 0.25) is 0 Å². The summed E-state index contributed by atoms with van der Waals surface area (Å²) >= 11 is 0. The molecule has 76 valence electrons. The summed E-state index contributed by atoms with van der Waals surface area (Å²) in [5, 5.41) is 0. The van der Waals surface area contributed by atoms with Crippen LogP contribution < -0.4 is 10.6 Å². The molecule has 2 N–H and O–H groups in total. The van der Waals surface area contributed by atoms with Crippen molar-refractivity contribution in [2.24, 2.45) is 5.73 Å². The van der Waals surface area contributed by atoms with E-state index in [0.29, 0.717) is 0 Å². The first-order valence-corrected chi connectivity index (χ1v) is 5.39. The molecule has 1 aliphatic rings. The number of nitrogens with two attached hydrogens (primary N) is 1. The van der Waals surface area contributed by atoms with Crippen LogP contribution in [0.25, 0.3) is 0 Å². The number of rotatable bonds is 2. The maximum Gasteiger partial charge on any atom is 0.0493 e. The van der Waals surface area contributed by atoms with Gasteiger partial charge >= 0.3 is 0 Å². The van der Waals surface area contributed by atoms with Crippen LogP contribution in [0, 0.1) is 0 Å². The highest BCUT2D eigenvalue weighted by atomic mass is 15.2. The van der Waals surface area contributed by atoms with E-state index in [1.807, 2.05) is 0 Å². The average Bonchev–Trinajstić information content (AvgIpc) is 2.55. The molecule has 0 bridgehead atoms. The lowest BCUT2D eigenvalue weighted by Gasteiger charge is -2.16. The summed E-state index contributed by atoms with van der Waals surface area (Å²) in [6.07, 6.45) is 1.09. The van der Waals surface area contributed by atoms with Gasteiger partial charge in [-0.1, -0.05) is 19.1 Å². The van der Waals surface area contributed by atoms with E-state index in [1.165, 1.54) is 16.8 Å². The molecule has 1 unspecified atom stereocenters. The predicted octanol–water partition coefficient (Wildman–Crippen LogP) is 2.09. The Morgan fingerprint density at radius 3 is 2.86 bits per heavy atom. The van der Waals surface area contributed by atoms with Crippen LogP contribution >= 0.6 is 0 Å². The largest absolute Gasteiger partial charge is 0.370 e. The minimum atomic E-state index is 0.205.